The number of carbonyl (C=O) groups excluding carboxylic acids is 2. The van der Waals surface area contributed by atoms with Gasteiger partial charge in [0.1, 0.15) is 11.4 Å². The van der Waals surface area contributed by atoms with E-state index in [0.29, 0.717) is 26.0 Å². The molecule has 4 rings (SSSR count). The summed E-state index contributed by atoms with van der Waals surface area (Å²) in [5, 5.41) is 5.11. The number of benzene rings is 1. The predicted molar refractivity (Wildman–Crippen MR) is 162 cm³/mol. The van der Waals surface area contributed by atoms with Crippen LogP contribution in [0.2, 0.25) is 0 Å². The Kier molecular flexibility index (Phi) is 10.8. The molecule has 1 aliphatic carbocycles. The molecule has 3 aliphatic rings. The van der Waals surface area contributed by atoms with Gasteiger partial charge in [0, 0.05) is 51.7 Å². The van der Waals surface area contributed by atoms with Gasteiger partial charge in [0.2, 0.25) is 5.91 Å². The Hall–Kier alpha value is -2.37. The van der Waals surface area contributed by atoms with Gasteiger partial charge in [0.25, 0.3) is 5.91 Å². The lowest BCUT2D eigenvalue weighted by Crippen LogP contribution is -2.47. The number of hydrogen-bond donors (Lipinski definition) is 1. The van der Waals surface area contributed by atoms with Crippen molar-refractivity contribution in [2.45, 2.75) is 83.9 Å². The van der Waals surface area contributed by atoms with Gasteiger partial charge < -0.3 is 15.0 Å². The lowest BCUT2D eigenvalue weighted by Gasteiger charge is -2.34. The van der Waals surface area contributed by atoms with Crippen molar-refractivity contribution in [1.82, 2.24) is 9.62 Å². The maximum atomic E-state index is 13.0. The van der Waals surface area contributed by atoms with Crippen LogP contribution in [0.25, 0.3) is 6.08 Å². The maximum absolute atomic E-state index is 13.0. The van der Waals surface area contributed by atoms with Crippen LogP contribution in [-0.4, -0.2) is 67.0 Å². The number of aryl methyl sites for hydroxylation is 2. The average Bonchev–Trinajstić information content (AvgIpc) is 3.25. The molecule has 1 saturated heterocycles. The lowest BCUT2D eigenvalue weighted by molar-refractivity contribution is -0.138. The molecule has 0 aromatic heterocycles. The van der Waals surface area contributed by atoms with E-state index in [2.05, 4.69) is 21.1 Å². The fourth-order valence-electron chi connectivity index (χ4n) is 6.33. The monoisotopic (exact) mass is 608 g/mol. The third-order valence-corrected chi connectivity index (χ3v) is 9.77. The molecule has 1 aromatic rings. The summed E-state index contributed by atoms with van der Waals surface area (Å²) in [7, 11) is 1.62. The Morgan fingerprint density at radius 2 is 1.83 bits per heavy atom. The molecule has 2 amide bonds. The largest absolute Gasteiger partial charge is 0.389 e. The zero-order chi connectivity index (χ0) is 30.5. The standard InChI is InChI=1S/C31H43F3N4O3S/c1-21-19-26(38(23(3)39)16-17-41-4)20-22(2)27(21)10-18-42-37-14-12-30(13-15-37)29(40)35-28(36-30)25-7-5-24(6-8-25)9-11-31(32,33)34/h10,18-20,24-25H,5-9,11-17H2,1-4H3,(H,35,36,40)/b18-10+. The van der Waals surface area contributed by atoms with E-state index in [1.54, 1.807) is 30.9 Å². The maximum Gasteiger partial charge on any atom is 0.389 e. The second-order valence-electron chi connectivity index (χ2n) is 11.8. The van der Waals surface area contributed by atoms with Crippen LogP contribution in [0.1, 0.15) is 75.0 Å². The Labute approximate surface area is 251 Å². The van der Waals surface area contributed by atoms with Gasteiger partial charge in [0.15, 0.2) is 0 Å². The van der Waals surface area contributed by atoms with Crippen molar-refractivity contribution in [2.75, 3.05) is 38.3 Å². The number of piperidine rings is 1. The van der Waals surface area contributed by atoms with E-state index in [9.17, 15) is 22.8 Å². The lowest BCUT2D eigenvalue weighted by atomic mass is 9.79. The van der Waals surface area contributed by atoms with Gasteiger partial charge in [-0.1, -0.05) is 11.9 Å². The van der Waals surface area contributed by atoms with Gasteiger partial charge in [-0.2, -0.15) is 13.2 Å². The number of rotatable bonds is 10. The molecular weight excluding hydrogens is 565 g/mol. The van der Waals surface area contributed by atoms with Crippen molar-refractivity contribution >= 4 is 41.4 Å². The van der Waals surface area contributed by atoms with Gasteiger partial charge >= 0.3 is 6.18 Å². The molecule has 2 fully saturated rings. The number of amidine groups is 1. The number of anilines is 1. The van der Waals surface area contributed by atoms with E-state index in [4.69, 9.17) is 9.73 Å². The SMILES string of the molecule is COCCN(C(C)=O)c1cc(C)c(/C=C/SN2CCC3(CC2)N=C(C2CCC(CCC(F)(F)F)CC2)NC3=O)c(C)c1. The molecule has 2 heterocycles. The molecule has 42 heavy (non-hydrogen) atoms. The summed E-state index contributed by atoms with van der Waals surface area (Å²) in [5.74, 6) is 0.923. The topological polar surface area (TPSA) is 74.2 Å². The van der Waals surface area contributed by atoms with Crippen LogP contribution in [0.5, 0.6) is 0 Å². The van der Waals surface area contributed by atoms with E-state index in [1.807, 2.05) is 26.0 Å². The van der Waals surface area contributed by atoms with Crippen LogP contribution < -0.4 is 10.2 Å². The van der Waals surface area contributed by atoms with Crippen molar-refractivity contribution in [3.63, 3.8) is 0 Å². The summed E-state index contributed by atoms with van der Waals surface area (Å²) in [5.41, 5.74) is 3.43. The first-order valence-corrected chi connectivity index (χ1v) is 15.7. The van der Waals surface area contributed by atoms with Crippen molar-refractivity contribution in [3.05, 3.63) is 34.2 Å². The van der Waals surface area contributed by atoms with Crippen LogP contribution in [0, 0.1) is 25.7 Å². The first-order chi connectivity index (χ1) is 19.9. The number of nitrogens with one attached hydrogen (secondary N) is 1. The summed E-state index contributed by atoms with van der Waals surface area (Å²) in [4.78, 5) is 31.8. The van der Waals surface area contributed by atoms with E-state index in [1.165, 1.54) is 0 Å². The van der Waals surface area contributed by atoms with E-state index < -0.39 is 18.1 Å². The van der Waals surface area contributed by atoms with Crippen LogP contribution in [0.4, 0.5) is 18.9 Å². The van der Waals surface area contributed by atoms with Crippen LogP contribution >= 0.6 is 11.9 Å². The first kappa shape index (κ1) is 32.5. The molecule has 232 valence electrons. The first-order valence-electron chi connectivity index (χ1n) is 14.9. The minimum absolute atomic E-state index is 0.0211. The van der Waals surface area contributed by atoms with Crippen LogP contribution in [0.3, 0.4) is 0 Å². The Bertz CT molecular complexity index is 1160. The van der Waals surface area contributed by atoms with Gasteiger partial charge in [-0.05, 0) is 105 Å². The van der Waals surface area contributed by atoms with Gasteiger partial charge in [-0.3, -0.25) is 14.6 Å². The third kappa shape index (κ3) is 8.17. The highest BCUT2D eigenvalue weighted by Gasteiger charge is 2.47. The van der Waals surface area contributed by atoms with E-state index in [0.717, 1.165) is 67.0 Å². The summed E-state index contributed by atoms with van der Waals surface area (Å²) < 4.78 is 45.2. The molecule has 0 atom stereocenters. The summed E-state index contributed by atoms with van der Waals surface area (Å²) in [6.07, 6.45) is 1.83. The second kappa shape index (κ2) is 13.9. The number of hydrogen-bond acceptors (Lipinski definition) is 6. The Balaban J connectivity index is 1.29. The van der Waals surface area contributed by atoms with Crippen LogP contribution in [0.15, 0.2) is 22.5 Å². The minimum atomic E-state index is -4.09. The molecule has 7 nitrogen and oxygen atoms in total. The Morgan fingerprint density at radius 3 is 2.40 bits per heavy atom. The quantitative estimate of drug-likeness (QED) is 0.310. The molecule has 1 aromatic carbocycles. The molecular formula is C31H43F3N4O3S. The number of aliphatic imine (C=N–C) groups is 1. The van der Waals surface area contributed by atoms with Gasteiger partial charge in [-0.25, -0.2) is 4.31 Å². The van der Waals surface area contributed by atoms with Crippen molar-refractivity contribution in [1.29, 1.82) is 0 Å². The molecule has 1 N–H and O–H groups in total. The molecule has 0 bridgehead atoms. The molecule has 0 radical (unpaired) electrons. The summed E-state index contributed by atoms with van der Waals surface area (Å²) in [6.45, 7) is 8.08. The minimum Gasteiger partial charge on any atom is -0.383 e. The molecule has 1 saturated carbocycles. The predicted octanol–water partition coefficient (Wildman–Crippen LogP) is 6.43. The van der Waals surface area contributed by atoms with Crippen LogP contribution in [-0.2, 0) is 14.3 Å². The highest BCUT2D eigenvalue weighted by atomic mass is 32.2. The van der Waals surface area contributed by atoms with Crippen molar-refractivity contribution in [2.24, 2.45) is 16.8 Å². The number of amides is 2. The number of nitrogens with zero attached hydrogens (tertiary/aromatic N) is 3. The normalized spacial score (nSPS) is 22.9. The van der Waals surface area contributed by atoms with E-state index in [-0.39, 0.29) is 30.1 Å². The molecule has 0 unspecified atom stereocenters. The summed E-state index contributed by atoms with van der Waals surface area (Å²) in [6, 6.07) is 4.06. The molecule has 11 heteroatoms. The second-order valence-corrected chi connectivity index (χ2v) is 12.8. The zero-order valence-corrected chi connectivity index (χ0v) is 25.9. The highest BCUT2D eigenvalue weighted by Crippen LogP contribution is 2.39. The van der Waals surface area contributed by atoms with Crippen molar-refractivity contribution < 1.29 is 27.5 Å². The molecule has 2 aliphatic heterocycles. The molecule has 1 spiro atoms. The van der Waals surface area contributed by atoms with E-state index >= 15 is 0 Å². The Morgan fingerprint density at radius 1 is 1.19 bits per heavy atom. The number of methoxy groups -OCH3 is 1. The number of ether oxygens (including phenoxy) is 1. The number of alkyl halides is 3. The summed E-state index contributed by atoms with van der Waals surface area (Å²) >= 11 is 1.63. The van der Waals surface area contributed by atoms with Crippen molar-refractivity contribution in [3.8, 4) is 0 Å². The van der Waals surface area contributed by atoms with Gasteiger partial charge in [0.05, 0.1) is 6.61 Å². The van der Waals surface area contributed by atoms with Gasteiger partial charge in [-0.15, -0.1) is 0 Å². The highest BCUT2D eigenvalue weighted by molar-refractivity contribution is 8.00. The smallest absolute Gasteiger partial charge is 0.383 e. The number of halogens is 3. The third-order valence-electron chi connectivity index (χ3n) is 8.85. The fraction of sp³-hybridized carbons (Fsp3) is 0.645. The number of carbonyl (C=O) groups is 2. The zero-order valence-electron chi connectivity index (χ0n) is 25.1. The fourth-order valence-corrected chi connectivity index (χ4v) is 7.10. The average molecular weight is 609 g/mol.